The average molecular weight is 239 g/mol. The molecule has 2 nitrogen and oxygen atoms in total. The zero-order valence-electron chi connectivity index (χ0n) is 11.4. The summed E-state index contributed by atoms with van der Waals surface area (Å²) in [6.07, 6.45) is 11.9. The maximum absolute atomic E-state index is 9.65. The predicted molar refractivity (Wildman–Crippen MR) is 72.0 cm³/mol. The second-order valence-electron chi connectivity index (χ2n) is 6.57. The van der Waals surface area contributed by atoms with Crippen molar-refractivity contribution in [1.29, 1.82) is 0 Å². The van der Waals surface area contributed by atoms with Gasteiger partial charge in [0.2, 0.25) is 0 Å². The van der Waals surface area contributed by atoms with E-state index in [0.29, 0.717) is 12.0 Å². The first kappa shape index (κ1) is 13.4. The van der Waals surface area contributed by atoms with Crippen LogP contribution < -0.4 is 5.32 Å². The van der Waals surface area contributed by atoms with Crippen molar-refractivity contribution < 1.29 is 5.11 Å². The van der Waals surface area contributed by atoms with Crippen LogP contribution in [-0.4, -0.2) is 24.8 Å². The van der Waals surface area contributed by atoms with E-state index in [9.17, 15) is 5.11 Å². The normalized spacial score (nSPS) is 25.8. The van der Waals surface area contributed by atoms with Crippen molar-refractivity contribution in [2.24, 2.45) is 10.8 Å². The van der Waals surface area contributed by atoms with Crippen LogP contribution in [0, 0.1) is 10.8 Å². The molecule has 2 fully saturated rings. The van der Waals surface area contributed by atoms with Crippen molar-refractivity contribution >= 4 is 0 Å². The molecule has 2 heteroatoms. The maximum atomic E-state index is 9.65. The third kappa shape index (κ3) is 3.45. The highest BCUT2D eigenvalue weighted by molar-refractivity contribution is 4.95. The van der Waals surface area contributed by atoms with Crippen LogP contribution in [0.1, 0.15) is 64.7 Å². The van der Waals surface area contributed by atoms with Gasteiger partial charge in [0.1, 0.15) is 0 Å². The first-order valence-electron chi connectivity index (χ1n) is 7.56. The van der Waals surface area contributed by atoms with Gasteiger partial charge in [-0.15, -0.1) is 0 Å². The number of nitrogens with one attached hydrogen (secondary N) is 1. The molecule has 2 saturated carbocycles. The van der Waals surface area contributed by atoms with Crippen LogP contribution >= 0.6 is 0 Å². The molecule has 0 amide bonds. The number of rotatable bonds is 7. The van der Waals surface area contributed by atoms with Gasteiger partial charge in [-0.3, -0.25) is 0 Å². The minimum absolute atomic E-state index is 0.209. The van der Waals surface area contributed by atoms with E-state index < -0.39 is 0 Å². The molecule has 0 spiro atoms. The molecular formula is C15H29NO. The first-order valence-corrected chi connectivity index (χ1v) is 7.56. The Hall–Kier alpha value is -0.0800. The van der Waals surface area contributed by atoms with Crippen molar-refractivity contribution in [2.45, 2.75) is 64.7 Å². The molecule has 2 aliphatic rings. The van der Waals surface area contributed by atoms with Crippen molar-refractivity contribution in [1.82, 2.24) is 5.32 Å². The summed E-state index contributed by atoms with van der Waals surface area (Å²) in [5.74, 6) is 0. The number of hydrogen-bond acceptors (Lipinski definition) is 2. The quantitative estimate of drug-likeness (QED) is 0.715. The predicted octanol–water partition coefficient (Wildman–Crippen LogP) is 3.10. The highest BCUT2D eigenvalue weighted by Crippen LogP contribution is 2.49. The van der Waals surface area contributed by atoms with E-state index >= 15 is 0 Å². The fourth-order valence-corrected chi connectivity index (χ4v) is 3.51. The SMILES string of the molecule is CCCC1(CNCC2(CO)CCCCC2)CC1. The van der Waals surface area contributed by atoms with Crippen LogP contribution in [0.5, 0.6) is 0 Å². The summed E-state index contributed by atoms with van der Waals surface area (Å²) < 4.78 is 0. The van der Waals surface area contributed by atoms with Crippen molar-refractivity contribution in [2.75, 3.05) is 19.7 Å². The van der Waals surface area contributed by atoms with Gasteiger partial charge >= 0.3 is 0 Å². The van der Waals surface area contributed by atoms with E-state index in [0.717, 1.165) is 6.54 Å². The van der Waals surface area contributed by atoms with Gasteiger partial charge in [0.25, 0.3) is 0 Å². The maximum Gasteiger partial charge on any atom is 0.0499 e. The molecular weight excluding hydrogens is 210 g/mol. The molecule has 0 radical (unpaired) electrons. The van der Waals surface area contributed by atoms with Crippen LogP contribution in [0.25, 0.3) is 0 Å². The molecule has 0 unspecified atom stereocenters. The largest absolute Gasteiger partial charge is 0.396 e. The Morgan fingerprint density at radius 3 is 2.12 bits per heavy atom. The number of aliphatic hydroxyl groups is 1. The molecule has 0 aromatic carbocycles. The van der Waals surface area contributed by atoms with E-state index in [-0.39, 0.29) is 5.41 Å². The Labute approximate surface area is 106 Å². The summed E-state index contributed by atoms with van der Waals surface area (Å²) in [5, 5.41) is 13.3. The Morgan fingerprint density at radius 2 is 1.59 bits per heavy atom. The molecule has 0 heterocycles. The lowest BCUT2D eigenvalue weighted by atomic mass is 9.74. The van der Waals surface area contributed by atoms with E-state index in [2.05, 4.69) is 12.2 Å². The Morgan fingerprint density at radius 1 is 0.941 bits per heavy atom. The van der Waals surface area contributed by atoms with E-state index in [1.807, 2.05) is 0 Å². The standard InChI is InChI=1S/C15H29NO/c1-2-6-14(9-10-14)11-16-12-15(13-17)7-4-3-5-8-15/h16-17H,2-13H2,1H3. The molecule has 0 aromatic heterocycles. The summed E-state index contributed by atoms with van der Waals surface area (Å²) in [4.78, 5) is 0. The molecule has 0 aromatic rings. The third-order valence-corrected chi connectivity index (χ3v) is 4.99. The fraction of sp³-hybridized carbons (Fsp3) is 1.00. The van der Waals surface area contributed by atoms with E-state index in [1.54, 1.807) is 0 Å². The third-order valence-electron chi connectivity index (χ3n) is 4.99. The van der Waals surface area contributed by atoms with Crippen LogP contribution in [0.3, 0.4) is 0 Å². The van der Waals surface area contributed by atoms with E-state index in [1.165, 1.54) is 64.3 Å². The van der Waals surface area contributed by atoms with Crippen molar-refractivity contribution in [3.8, 4) is 0 Å². The molecule has 17 heavy (non-hydrogen) atoms. The summed E-state index contributed by atoms with van der Waals surface area (Å²) >= 11 is 0. The van der Waals surface area contributed by atoms with Gasteiger partial charge in [-0.2, -0.15) is 0 Å². The zero-order valence-corrected chi connectivity index (χ0v) is 11.4. The van der Waals surface area contributed by atoms with Gasteiger partial charge in [0.05, 0.1) is 0 Å². The second kappa shape index (κ2) is 5.71. The topological polar surface area (TPSA) is 32.3 Å². The lowest BCUT2D eigenvalue weighted by molar-refractivity contribution is 0.0798. The fourth-order valence-electron chi connectivity index (χ4n) is 3.51. The smallest absolute Gasteiger partial charge is 0.0499 e. The number of hydrogen-bond donors (Lipinski definition) is 2. The molecule has 0 atom stereocenters. The summed E-state index contributed by atoms with van der Waals surface area (Å²) in [7, 11) is 0. The first-order chi connectivity index (χ1) is 8.24. The molecule has 0 saturated heterocycles. The molecule has 2 aliphatic carbocycles. The van der Waals surface area contributed by atoms with Gasteiger partial charge in [-0.1, -0.05) is 32.6 Å². The highest BCUT2D eigenvalue weighted by Gasteiger charge is 2.41. The molecule has 0 bridgehead atoms. The molecule has 2 N–H and O–H groups in total. The molecule has 100 valence electrons. The van der Waals surface area contributed by atoms with Gasteiger partial charge in [0, 0.05) is 25.1 Å². The van der Waals surface area contributed by atoms with Gasteiger partial charge < -0.3 is 10.4 Å². The minimum atomic E-state index is 0.209. The Kier molecular flexibility index (Phi) is 4.48. The highest BCUT2D eigenvalue weighted by atomic mass is 16.3. The average Bonchev–Trinajstić information content (AvgIpc) is 3.11. The van der Waals surface area contributed by atoms with Gasteiger partial charge in [-0.05, 0) is 37.5 Å². The lowest BCUT2D eigenvalue weighted by Crippen LogP contribution is -2.41. The van der Waals surface area contributed by atoms with Crippen molar-refractivity contribution in [3.05, 3.63) is 0 Å². The Bertz CT molecular complexity index is 229. The van der Waals surface area contributed by atoms with Crippen LogP contribution in [0.15, 0.2) is 0 Å². The summed E-state index contributed by atoms with van der Waals surface area (Å²) in [6.45, 7) is 4.88. The summed E-state index contributed by atoms with van der Waals surface area (Å²) in [6, 6.07) is 0. The Balaban J connectivity index is 1.72. The van der Waals surface area contributed by atoms with Crippen molar-refractivity contribution in [3.63, 3.8) is 0 Å². The van der Waals surface area contributed by atoms with E-state index in [4.69, 9.17) is 0 Å². The van der Waals surface area contributed by atoms with Crippen LogP contribution in [0.2, 0.25) is 0 Å². The second-order valence-corrected chi connectivity index (χ2v) is 6.57. The monoisotopic (exact) mass is 239 g/mol. The van der Waals surface area contributed by atoms with Gasteiger partial charge in [-0.25, -0.2) is 0 Å². The minimum Gasteiger partial charge on any atom is -0.396 e. The van der Waals surface area contributed by atoms with Crippen LogP contribution in [-0.2, 0) is 0 Å². The molecule has 2 rings (SSSR count). The number of aliphatic hydroxyl groups excluding tert-OH is 1. The zero-order chi connectivity index (χ0) is 12.2. The molecule has 0 aliphatic heterocycles. The van der Waals surface area contributed by atoms with Crippen LogP contribution in [0.4, 0.5) is 0 Å². The lowest BCUT2D eigenvalue weighted by Gasteiger charge is -2.36. The van der Waals surface area contributed by atoms with Gasteiger partial charge in [0.15, 0.2) is 0 Å². The summed E-state index contributed by atoms with van der Waals surface area (Å²) in [5.41, 5.74) is 0.848.